The second-order valence-electron chi connectivity index (χ2n) is 6.11. The van der Waals surface area contributed by atoms with E-state index in [9.17, 15) is 13.2 Å². The summed E-state index contributed by atoms with van der Waals surface area (Å²) in [4.78, 5) is 12.1. The van der Waals surface area contributed by atoms with E-state index >= 15 is 0 Å². The van der Waals surface area contributed by atoms with Crippen LogP contribution in [0.2, 0.25) is 0 Å². The molecule has 6 heteroatoms. The maximum atomic E-state index is 12.5. The number of ether oxygens (including phenoxy) is 1. The van der Waals surface area contributed by atoms with Gasteiger partial charge in [0.1, 0.15) is 0 Å². The van der Waals surface area contributed by atoms with Crippen LogP contribution in [0.3, 0.4) is 0 Å². The van der Waals surface area contributed by atoms with Gasteiger partial charge in [0.25, 0.3) is 0 Å². The molecule has 1 atom stereocenters. The Morgan fingerprint density at radius 3 is 2.76 bits per heavy atom. The lowest BCUT2D eigenvalue weighted by Crippen LogP contribution is -2.49. The Morgan fingerprint density at radius 2 is 2.00 bits per heavy atom. The molecule has 1 aromatic carbocycles. The first-order valence-corrected chi connectivity index (χ1v) is 8.85. The summed E-state index contributed by atoms with van der Waals surface area (Å²) in [5.74, 6) is -0.337. The van der Waals surface area contributed by atoms with Crippen molar-refractivity contribution in [2.45, 2.75) is 36.5 Å². The van der Waals surface area contributed by atoms with Crippen LogP contribution in [-0.2, 0) is 20.4 Å². The summed E-state index contributed by atoms with van der Waals surface area (Å²) < 4.78 is 32.1. The zero-order valence-electron chi connectivity index (χ0n) is 11.6. The first-order valence-electron chi connectivity index (χ1n) is 7.35. The van der Waals surface area contributed by atoms with Crippen LogP contribution in [0.5, 0.6) is 0 Å². The van der Waals surface area contributed by atoms with Gasteiger partial charge in [0.2, 0.25) is 10.0 Å². The molecule has 0 radical (unpaired) electrons. The van der Waals surface area contributed by atoms with Crippen molar-refractivity contribution in [2.75, 3.05) is 13.1 Å². The van der Waals surface area contributed by atoms with Crippen molar-refractivity contribution in [3.63, 3.8) is 0 Å². The highest BCUT2D eigenvalue weighted by molar-refractivity contribution is 7.90. The number of piperidine rings is 1. The van der Waals surface area contributed by atoms with E-state index in [1.165, 1.54) is 4.31 Å². The first-order chi connectivity index (χ1) is 10.0. The predicted molar refractivity (Wildman–Crippen MR) is 76.3 cm³/mol. The Labute approximate surface area is 123 Å². The van der Waals surface area contributed by atoms with Crippen LogP contribution in [0.25, 0.3) is 0 Å². The lowest BCUT2D eigenvalue weighted by Gasteiger charge is -2.38. The van der Waals surface area contributed by atoms with Gasteiger partial charge in [0.15, 0.2) is 5.60 Å². The molecule has 1 aliphatic carbocycles. The third-order valence-electron chi connectivity index (χ3n) is 4.65. The zero-order valence-corrected chi connectivity index (χ0v) is 12.4. The van der Waals surface area contributed by atoms with Crippen molar-refractivity contribution in [1.29, 1.82) is 0 Å². The molecule has 1 aromatic rings. The number of fused-ring (bicyclic) bond motifs is 2. The zero-order chi connectivity index (χ0) is 14.7. The highest BCUT2D eigenvalue weighted by Crippen LogP contribution is 2.44. The number of rotatable bonds is 2. The molecular formula is C15H17NO4S. The third kappa shape index (κ3) is 1.92. The molecule has 3 aliphatic rings. The Kier molecular flexibility index (Phi) is 2.72. The van der Waals surface area contributed by atoms with E-state index in [0.717, 1.165) is 18.4 Å². The second-order valence-corrected chi connectivity index (χ2v) is 8.32. The Morgan fingerprint density at radius 1 is 1.24 bits per heavy atom. The van der Waals surface area contributed by atoms with E-state index in [4.69, 9.17) is 4.74 Å². The Hall–Kier alpha value is -1.40. The fraction of sp³-hybridized carbons (Fsp3) is 0.533. The number of esters is 1. The average Bonchev–Trinajstić information content (AvgIpc) is 3.29. The lowest BCUT2D eigenvalue weighted by molar-refractivity contribution is -0.0345. The highest BCUT2D eigenvalue weighted by Gasteiger charge is 2.51. The van der Waals surface area contributed by atoms with Gasteiger partial charge in [-0.05, 0) is 31.7 Å². The van der Waals surface area contributed by atoms with Crippen molar-refractivity contribution in [3.8, 4) is 0 Å². The van der Waals surface area contributed by atoms with Crippen LogP contribution < -0.4 is 0 Å². The van der Waals surface area contributed by atoms with Crippen molar-refractivity contribution >= 4 is 16.0 Å². The Balaban J connectivity index is 1.72. The molecular weight excluding hydrogens is 290 g/mol. The first kappa shape index (κ1) is 13.3. The summed E-state index contributed by atoms with van der Waals surface area (Å²) in [6.07, 6.45) is 2.91. The number of sulfonamides is 1. The monoisotopic (exact) mass is 307 g/mol. The largest absolute Gasteiger partial charge is 0.449 e. The SMILES string of the molecule is O=C1OC2(CCCN(S(=O)(=O)C3CC3)C2)c2ccccc21. The third-order valence-corrected chi connectivity index (χ3v) is 7.00. The molecule has 1 unspecified atom stereocenters. The molecule has 0 aromatic heterocycles. The van der Waals surface area contributed by atoms with Gasteiger partial charge in [-0.25, -0.2) is 13.2 Å². The molecule has 112 valence electrons. The summed E-state index contributed by atoms with van der Waals surface area (Å²) >= 11 is 0. The van der Waals surface area contributed by atoms with Crippen molar-refractivity contribution in [2.24, 2.45) is 0 Å². The minimum Gasteiger partial charge on any atom is -0.449 e. The average molecular weight is 307 g/mol. The van der Waals surface area contributed by atoms with Gasteiger partial charge >= 0.3 is 5.97 Å². The maximum Gasteiger partial charge on any atom is 0.339 e. The minimum atomic E-state index is -3.23. The summed E-state index contributed by atoms with van der Waals surface area (Å²) in [5, 5.41) is -0.222. The van der Waals surface area contributed by atoms with E-state index in [1.54, 1.807) is 12.1 Å². The van der Waals surface area contributed by atoms with E-state index in [1.807, 2.05) is 12.1 Å². The fourth-order valence-corrected chi connectivity index (χ4v) is 5.35. The highest BCUT2D eigenvalue weighted by atomic mass is 32.2. The van der Waals surface area contributed by atoms with Crippen molar-refractivity contribution in [1.82, 2.24) is 4.31 Å². The van der Waals surface area contributed by atoms with Crippen LogP contribution in [0.15, 0.2) is 24.3 Å². The summed E-state index contributed by atoms with van der Waals surface area (Å²) in [7, 11) is -3.23. The van der Waals surface area contributed by atoms with E-state index in [-0.39, 0.29) is 17.8 Å². The van der Waals surface area contributed by atoms with Crippen LogP contribution >= 0.6 is 0 Å². The van der Waals surface area contributed by atoms with Crippen LogP contribution in [0.1, 0.15) is 41.6 Å². The number of hydrogen-bond acceptors (Lipinski definition) is 4. The topological polar surface area (TPSA) is 63.7 Å². The molecule has 5 nitrogen and oxygen atoms in total. The van der Waals surface area contributed by atoms with Gasteiger partial charge in [-0.3, -0.25) is 0 Å². The number of carbonyl (C=O) groups is 1. The molecule has 1 saturated carbocycles. The van der Waals surface area contributed by atoms with Gasteiger partial charge in [-0.1, -0.05) is 18.2 Å². The summed E-state index contributed by atoms with van der Waals surface area (Å²) in [6, 6.07) is 7.31. The van der Waals surface area contributed by atoms with Gasteiger partial charge in [-0.15, -0.1) is 0 Å². The van der Waals surface area contributed by atoms with Crippen LogP contribution in [0.4, 0.5) is 0 Å². The molecule has 1 saturated heterocycles. The minimum absolute atomic E-state index is 0.222. The molecule has 4 rings (SSSR count). The van der Waals surface area contributed by atoms with Crippen molar-refractivity contribution in [3.05, 3.63) is 35.4 Å². The van der Waals surface area contributed by atoms with Crippen molar-refractivity contribution < 1.29 is 17.9 Å². The molecule has 0 amide bonds. The van der Waals surface area contributed by atoms with E-state index in [2.05, 4.69) is 0 Å². The fourth-order valence-electron chi connectivity index (χ4n) is 3.43. The van der Waals surface area contributed by atoms with Gasteiger partial charge in [0, 0.05) is 12.1 Å². The van der Waals surface area contributed by atoms with E-state index < -0.39 is 15.6 Å². The van der Waals surface area contributed by atoms with Gasteiger partial charge in [0.05, 0.1) is 17.4 Å². The molecule has 2 aliphatic heterocycles. The summed E-state index contributed by atoms with van der Waals surface area (Å²) in [5.41, 5.74) is 0.627. The maximum absolute atomic E-state index is 12.5. The summed E-state index contributed by atoms with van der Waals surface area (Å²) in [6.45, 7) is 0.787. The number of hydrogen-bond donors (Lipinski definition) is 0. The normalized spacial score (nSPS) is 29.4. The molecule has 0 N–H and O–H groups in total. The lowest BCUT2D eigenvalue weighted by atomic mass is 9.86. The standard InChI is InChI=1S/C15H17NO4S/c17-14-12-4-1-2-5-13(12)15(20-14)8-3-9-16(10-15)21(18,19)11-6-7-11/h1-2,4-5,11H,3,6-10H2. The smallest absolute Gasteiger partial charge is 0.339 e. The van der Waals surface area contributed by atoms with Crippen LogP contribution in [-0.4, -0.2) is 37.0 Å². The molecule has 2 fully saturated rings. The van der Waals surface area contributed by atoms with Gasteiger partial charge in [-0.2, -0.15) is 4.31 Å². The second kappa shape index (κ2) is 4.30. The quantitative estimate of drug-likeness (QED) is 0.779. The number of carbonyl (C=O) groups excluding carboxylic acids is 1. The van der Waals surface area contributed by atoms with E-state index in [0.29, 0.717) is 24.9 Å². The predicted octanol–water partition coefficient (Wildman–Crippen LogP) is 1.64. The molecule has 21 heavy (non-hydrogen) atoms. The number of benzene rings is 1. The molecule has 0 bridgehead atoms. The Bertz CT molecular complexity index is 710. The van der Waals surface area contributed by atoms with Crippen LogP contribution in [0, 0.1) is 0 Å². The molecule has 1 spiro atoms. The number of nitrogens with zero attached hydrogens (tertiary/aromatic N) is 1. The van der Waals surface area contributed by atoms with Gasteiger partial charge < -0.3 is 4.74 Å². The molecule has 2 heterocycles.